The second-order valence-electron chi connectivity index (χ2n) is 8.67. The predicted octanol–water partition coefficient (Wildman–Crippen LogP) is 4.20. The molecule has 1 aliphatic rings. The predicted molar refractivity (Wildman–Crippen MR) is 130 cm³/mol. The molecule has 0 spiro atoms. The van der Waals surface area contributed by atoms with Crippen LogP contribution >= 0.6 is 0 Å². The average molecular weight is 472 g/mol. The van der Waals surface area contributed by atoms with Gasteiger partial charge in [-0.25, -0.2) is 8.42 Å². The van der Waals surface area contributed by atoms with Gasteiger partial charge in [0, 0.05) is 25.2 Å². The molecule has 178 valence electrons. The third-order valence-electron chi connectivity index (χ3n) is 6.07. The van der Waals surface area contributed by atoms with Gasteiger partial charge in [0.2, 0.25) is 10.0 Å². The highest BCUT2D eigenvalue weighted by atomic mass is 32.2. The minimum Gasteiger partial charge on any atom is -0.352 e. The topological polar surface area (TPSA) is 95.6 Å². The fraction of sp³-hybridized carbons (Fsp3) is 0.440. The van der Waals surface area contributed by atoms with Gasteiger partial charge in [-0.2, -0.15) is 4.31 Å². The van der Waals surface area contributed by atoms with Gasteiger partial charge in [0.15, 0.2) is 0 Å². The molecule has 1 saturated heterocycles. The van der Waals surface area contributed by atoms with Crippen LogP contribution in [-0.2, 0) is 10.0 Å². The Balaban J connectivity index is 1.82. The highest BCUT2D eigenvalue weighted by molar-refractivity contribution is 7.89. The first-order chi connectivity index (χ1) is 15.7. The van der Waals surface area contributed by atoms with Crippen LogP contribution in [0.25, 0.3) is 0 Å². The number of piperidine rings is 1. The van der Waals surface area contributed by atoms with Crippen molar-refractivity contribution in [1.29, 1.82) is 0 Å². The zero-order valence-electron chi connectivity index (χ0n) is 19.6. The lowest BCUT2D eigenvalue weighted by Gasteiger charge is -2.29. The van der Waals surface area contributed by atoms with Crippen molar-refractivity contribution in [3.05, 3.63) is 59.2 Å². The van der Waals surface area contributed by atoms with Gasteiger partial charge < -0.3 is 10.6 Å². The number of para-hydroxylation sites is 1. The minimum atomic E-state index is -3.68. The number of nitrogens with zero attached hydrogens (tertiary/aromatic N) is 1. The van der Waals surface area contributed by atoms with E-state index >= 15 is 0 Å². The molecule has 0 bridgehead atoms. The van der Waals surface area contributed by atoms with Crippen molar-refractivity contribution < 1.29 is 18.0 Å². The average Bonchev–Trinajstić information content (AvgIpc) is 2.80. The number of aryl methyl sites for hydroxylation is 1. The molecule has 0 saturated carbocycles. The lowest BCUT2D eigenvalue weighted by atomic mass is 10.0. The Bertz CT molecular complexity index is 1110. The fourth-order valence-electron chi connectivity index (χ4n) is 3.83. The van der Waals surface area contributed by atoms with E-state index in [4.69, 9.17) is 0 Å². The van der Waals surface area contributed by atoms with Crippen LogP contribution in [-0.4, -0.2) is 44.2 Å². The van der Waals surface area contributed by atoms with Gasteiger partial charge in [-0.1, -0.05) is 38.5 Å². The summed E-state index contributed by atoms with van der Waals surface area (Å²) in [6, 6.07) is 11.4. The Morgan fingerprint density at radius 1 is 1.03 bits per heavy atom. The number of carbonyl (C=O) groups is 2. The quantitative estimate of drug-likeness (QED) is 0.564. The van der Waals surface area contributed by atoms with Gasteiger partial charge >= 0.3 is 0 Å². The van der Waals surface area contributed by atoms with Gasteiger partial charge in [0.1, 0.15) is 0 Å². The number of hydrogen-bond acceptors (Lipinski definition) is 4. The van der Waals surface area contributed by atoms with E-state index in [1.165, 1.54) is 10.4 Å². The van der Waals surface area contributed by atoms with Crippen molar-refractivity contribution in [1.82, 2.24) is 9.62 Å². The lowest BCUT2D eigenvalue weighted by Crippen LogP contribution is -2.38. The summed E-state index contributed by atoms with van der Waals surface area (Å²) < 4.78 is 27.8. The van der Waals surface area contributed by atoms with E-state index in [9.17, 15) is 18.0 Å². The van der Waals surface area contributed by atoms with Crippen LogP contribution in [0.4, 0.5) is 5.69 Å². The molecule has 2 N–H and O–H groups in total. The Hall–Kier alpha value is -2.71. The molecule has 1 fully saturated rings. The van der Waals surface area contributed by atoms with Crippen molar-refractivity contribution in [3.8, 4) is 0 Å². The van der Waals surface area contributed by atoms with E-state index < -0.39 is 15.9 Å². The highest BCUT2D eigenvalue weighted by Gasteiger charge is 2.29. The number of unbranched alkanes of at least 4 members (excludes halogenated alkanes) is 1. The number of sulfonamides is 1. The van der Waals surface area contributed by atoms with E-state index in [-0.39, 0.29) is 16.4 Å². The zero-order valence-corrected chi connectivity index (χ0v) is 20.4. The molecule has 0 aromatic heterocycles. The summed E-state index contributed by atoms with van der Waals surface area (Å²) >= 11 is 0. The molecule has 1 heterocycles. The molecule has 3 rings (SSSR count). The Kier molecular flexibility index (Phi) is 8.26. The van der Waals surface area contributed by atoms with Crippen molar-refractivity contribution in [2.24, 2.45) is 5.92 Å². The maximum absolute atomic E-state index is 13.1. The second-order valence-corrected chi connectivity index (χ2v) is 10.6. The number of carbonyl (C=O) groups excluding carboxylic acids is 2. The molecular weight excluding hydrogens is 438 g/mol. The van der Waals surface area contributed by atoms with Crippen molar-refractivity contribution in [2.45, 2.75) is 51.3 Å². The summed E-state index contributed by atoms with van der Waals surface area (Å²) in [5.41, 5.74) is 1.67. The first kappa shape index (κ1) is 24.9. The van der Waals surface area contributed by atoms with Crippen molar-refractivity contribution in [3.63, 3.8) is 0 Å². The van der Waals surface area contributed by atoms with Gasteiger partial charge in [-0.3, -0.25) is 9.59 Å². The Morgan fingerprint density at radius 2 is 1.73 bits per heavy atom. The monoisotopic (exact) mass is 471 g/mol. The van der Waals surface area contributed by atoms with Crippen LogP contribution in [0, 0.1) is 12.8 Å². The highest BCUT2D eigenvalue weighted by Crippen LogP contribution is 2.25. The van der Waals surface area contributed by atoms with Crippen LogP contribution in [0.15, 0.2) is 47.4 Å². The third-order valence-corrected chi connectivity index (χ3v) is 7.96. The summed E-state index contributed by atoms with van der Waals surface area (Å²) in [6.45, 7) is 7.46. The van der Waals surface area contributed by atoms with Crippen molar-refractivity contribution in [2.75, 3.05) is 25.0 Å². The molecule has 2 aromatic rings. The summed E-state index contributed by atoms with van der Waals surface area (Å²) in [6.07, 6.45) is 3.50. The maximum atomic E-state index is 13.1. The van der Waals surface area contributed by atoms with E-state index in [2.05, 4.69) is 17.6 Å². The molecule has 0 atom stereocenters. The van der Waals surface area contributed by atoms with E-state index in [0.717, 1.165) is 25.7 Å². The first-order valence-electron chi connectivity index (χ1n) is 11.5. The van der Waals surface area contributed by atoms with Gasteiger partial charge in [-0.15, -0.1) is 0 Å². The smallest absolute Gasteiger partial charge is 0.255 e. The van der Waals surface area contributed by atoms with Gasteiger partial charge in [0.05, 0.1) is 16.1 Å². The zero-order chi connectivity index (χ0) is 24.0. The number of amides is 2. The fourth-order valence-corrected chi connectivity index (χ4v) is 5.33. The normalized spacial score (nSPS) is 15.2. The number of hydrogen-bond donors (Lipinski definition) is 2. The molecular formula is C25H33N3O4S. The van der Waals surface area contributed by atoms with E-state index in [1.807, 2.05) is 6.92 Å². The Labute approximate surface area is 196 Å². The number of benzene rings is 2. The number of rotatable bonds is 8. The number of nitrogens with one attached hydrogen (secondary N) is 2. The standard InChI is InChI=1S/C25H33N3O4S/c1-4-5-14-26-24(29)21-8-6-7-9-23(21)27-25(30)22-17-20(11-10-19(22)3)33(31,32)28-15-12-18(2)13-16-28/h6-11,17-18H,4-5,12-16H2,1-3H3,(H,26,29)(H,27,30). The van der Waals surface area contributed by atoms with Crippen molar-refractivity contribution >= 4 is 27.5 Å². The molecule has 2 aromatic carbocycles. The maximum Gasteiger partial charge on any atom is 0.255 e. The van der Waals surface area contributed by atoms with E-state index in [1.54, 1.807) is 43.3 Å². The summed E-state index contributed by atoms with van der Waals surface area (Å²) in [4.78, 5) is 25.8. The molecule has 0 unspecified atom stereocenters. The van der Waals surface area contributed by atoms with Crippen LogP contribution in [0.1, 0.15) is 65.8 Å². The summed E-state index contributed by atoms with van der Waals surface area (Å²) in [7, 11) is -3.68. The molecule has 33 heavy (non-hydrogen) atoms. The first-order valence-corrected chi connectivity index (χ1v) is 13.0. The minimum absolute atomic E-state index is 0.110. The van der Waals surface area contributed by atoms with Crippen LogP contribution < -0.4 is 10.6 Å². The van der Waals surface area contributed by atoms with Crippen LogP contribution in [0.3, 0.4) is 0 Å². The lowest BCUT2D eigenvalue weighted by molar-refractivity contribution is 0.0954. The SMILES string of the molecule is CCCCNC(=O)c1ccccc1NC(=O)c1cc(S(=O)(=O)N2CCC(C)CC2)ccc1C. The Morgan fingerprint density at radius 3 is 2.42 bits per heavy atom. The van der Waals surface area contributed by atoms with Crippen LogP contribution in [0.2, 0.25) is 0 Å². The third kappa shape index (κ3) is 6.00. The molecule has 8 heteroatoms. The van der Waals surface area contributed by atoms with Gasteiger partial charge in [0.25, 0.3) is 11.8 Å². The summed E-state index contributed by atoms with van der Waals surface area (Å²) in [5, 5.41) is 5.65. The van der Waals surface area contributed by atoms with E-state index in [0.29, 0.717) is 42.4 Å². The second kappa shape index (κ2) is 10.9. The van der Waals surface area contributed by atoms with Gasteiger partial charge in [-0.05, 0) is 61.9 Å². The molecule has 1 aliphatic heterocycles. The largest absolute Gasteiger partial charge is 0.352 e. The molecule has 2 amide bonds. The molecule has 0 radical (unpaired) electrons. The number of anilines is 1. The van der Waals surface area contributed by atoms with Crippen LogP contribution in [0.5, 0.6) is 0 Å². The summed E-state index contributed by atoms with van der Waals surface area (Å²) in [5.74, 6) is -0.201. The molecule has 7 nitrogen and oxygen atoms in total. The molecule has 0 aliphatic carbocycles.